The number of halogens is 6. The molecule has 3 fully saturated rings. The van der Waals surface area contributed by atoms with Gasteiger partial charge in [-0.3, -0.25) is 19.4 Å². The molecule has 1 aromatic carbocycles. The molecule has 58 heavy (non-hydrogen) atoms. The van der Waals surface area contributed by atoms with E-state index in [2.05, 4.69) is 4.98 Å². The number of carboxylic acid groups (broad SMARTS) is 1. The summed E-state index contributed by atoms with van der Waals surface area (Å²) >= 11 is 0.366. The molecule has 6 rings (SSSR count). The minimum Gasteiger partial charge on any atom is -0.493 e. The number of carbonyl (C=O) groups excluding carboxylic acids is 2. The highest BCUT2D eigenvalue weighted by atomic mass is 32.1. The highest BCUT2D eigenvalue weighted by molar-refractivity contribution is 7.10. The molecule has 17 heteroatoms. The first-order chi connectivity index (χ1) is 27.4. The van der Waals surface area contributed by atoms with Crippen LogP contribution in [0.25, 0.3) is 0 Å². The largest absolute Gasteiger partial charge is 0.493 e. The van der Waals surface area contributed by atoms with Crippen LogP contribution in [0, 0.1) is 5.41 Å². The molecule has 1 saturated carbocycles. The van der Waals surface area contributed by atoms with Crippen molar-refractivity contribution in [2.45, 2.75) is 114 Å². The number of carbonyl (C=O) groups is 3. The van der Waals surface area contributed by atoms with Gasteiger partial charge in [0.25, 0.3) is 11.8 Å². The van der Waals surface area contributed by atoms with Crippen LogP contribution < -0.4 is 9.47 Å². The summed E-state index contributed by atoms with van der Waals surface area (Å²) in [7, 11) is 0. The standard InChI is InChI=1S/C41H47F6N3O7S/c1-2-10-31-39(57-27-25-32(58-26-27)41(45,46)47,17-8-21-50(31)34(51)33-29(40(42,43)44)12-7-20-48-33)35(52)49-22-18-38(55,19-23-49)28-11-3-4-13-30(28)56-24-9-16-37(36(53)54)14-5-6-15-37/h3-4,7,11-13,20,25-26,31,55H,2,5-6,8-10,14-19,21-24H2,1H3,(H,53,54). The molecule has 3 aliphatic rings. The van der Waals surface area contributed by atoms with Crippen molar-refractivity contribution in [3.05, 3.63) is 75.7 Å². The van der Waals surface area contributed by atoms with Gasteiger partial charge in [-0.15, -0.1) is 11.3 Å². The molecular formula is C41H47F6N3O7S. The average molecular weight is 840 g/mol. The Kier molecular flexibility index (Phi) is 12.7. The Morgan fingerprint density at radius 2 is 1.64 bits per heavy atom. The molecule has 2 aliphatic heterocycles. The number of carboxylic acids is 1. The van der Waals surface area contributed by atoms with Crippen molar-refractivity contribution < 1.29 is 60.4 Å². The number of benzene rings is 1. The molecule has 2 atom stereocenters. The molecule has 0 spiro atoms. The number of likely N-dealkylation sites (tertiary alicyclic amines) is 2. The molecule has 2 amide bonds. The van der Waals surface area contributed by atoms with E-state index in [1.165, 1.54) is 4.90 Å². The van der Waals surface area contributed by atoms with Gasteiger partial charge in [0.15, 0.2) is 0 Å². The predicted molar refractivity (Wildman–Crippen MR) is 200 cm³/mol. The number of ether oxygens (including phenoxy) is 2. The van der Waals surface area contributed by atoms with E-state index >= 15 is 0 Å². The number of alkyl halides is 6. The maximum Gasteiger partial charge on any atom is 0.425 e. The summed E-state index contributed by atoms with van der Waals surface area (Å²) in [6, 6.07) is 8.29. The lowest BCUT2D eigenvalue weighted by molar-refractivity contribution is -0.163. The second-order valence-corrected chi connectivity index (χ2v) is 16.4. The fourth-order valence-electron chi connectivity index (χ4n) is 8.88. The van der Waals surface area contributed by atoms with Crippen LogP contribution in [0.2, 0.25) is 0 Å². The fourth-order valence-corrected chi connectivity index (χ4v) is 9.56. The Balaban J connectivity index is 1.26. The average Bonchev–Trinajstić information content (AvgIpc) is 3.88. The maximum absolute atomic E-state index is 15.0. The molecule has 316 valence electrons. The zero-order valence-electron chi connectivity index (χ0n) is 32.0. The van der Waals surface area contributed by atoms with Crippen LogP contribution in [-0.4, -0.2) is 80.7 Å². The lowest BCUT2D eigenvalue weighted by Crippen LogP contribution is -2.68. The highest BCUT2D eigenvalue weighted by Gasteiger charge is 2.57. The number of hydrogen-bond acceptors (Lipinski definition) is 8. The van der Waals surface area contributed by atoms with Crippen molar-refractivity contribution in [3.8, 4) is 11.5 Å². The molecule has 2 N–H and O–H groups in total. The van der Waals surface area contributed by atoms with Crippen LogP contribution in [0.4, 0.5) is 26.3 Å². The monoisotopic (exact) mass is 839 g/mol. The summed E-state index contributed by atoms with van der Waals surface area (Å²) in [4.78, 5) is 46.4. The summed E-state index contributed by atoms with van der Waals surface area (Å²) in [5.41, 5.74) is -5.86. The minimum absolute atomic E-state index is 0.0258. The zero-order chi connectivity index (χ0) is 41.9. The Morgan fingerprint density at radius 3 is 2.28 bits per heavy atom. The second-order valence-electron chi connectivity index (χ2n) is 15.5. The van der Waals surface area contributed by atoms with Gasteiger partial charge in [0.1, 0.15) is 22.1 Å². The zero-order valence-corrected chi connectivity index (χ0v) is 32.9. The Bertz CT molecular complexity index is 1940. The van der Waals surface area contributed by atoms with Crippen molar-refractivity contribution in [1.29, 1.82) is 0 Å². The van der Waals surface area contributed by atoms with Crippen LogP contribution in [0.5, 0.6) is 11.5 Å². The highest BCUT2D eigenvalue weighted by Crippen LogP contribution is 2.45. The van der Waals surface area contributed by atoms with Gasteiger partial charge in [0, 0.05) is 49.3 Å². The van der Waals surface area contributed by atoms with E-state index in [1.807, 2.05) is 0 Å². The van der Waals surface area contributed by atoms with E-state index in [-0.39, 0.29) is 64.1 Å². The van der Waals surface area contributed by atoms with Gasteiger partial charge < -0.3 is 29.5 Å². The number of nitrogens with zero attached hydrogens (tertiary/aromatic N) is 3. The third kappa shape index (κ3) is 8.80. The normalized spacial score (nSPS) is 22.1. The number of rotatable bonds is 13. The van der Waals surface area contributed by atoms with E-state index in [0.717, 1.165) is 47.5 Å². The van der Waals surface area contributed by atoms with Crippen molar-refractivity contribution >= 4 is 29.1 Å². The summed E-state index contributed by atoms with van der Waals surface area (Å²) in [5, 5.41) is 23.0. The summed E-state index contributed by atoms with van der Waals surface area (Å²) < 4.78 is 95.9. The van der Waals surface area contributed by atoms with Crippen LogP contribution in [0.15, 0.2) is 54.0 Å². The SMILES string of the molecule is CCCC1N(C(=O)c2ncccc2C(F)(F)F)CCCC1(Oc1csc(C(F)(F)F)c1)C(=O)N1CCC(O)(c2ccccc2OCCCC2(C(=O)O)CCCC2)CC1. The molecule has 0 radical (unpaired) electrons. The molecule has 2 aromatic heterocycles. The first-order valence-electron chi connectivity index (χ1n) is 19.6. The number of amides is 2. The first kappa shape index (κ1) is 43.2. The number of hydrogen-bond donors (Lipinski definition) is 2. The van der Waals surface area contributed by atoms with Gasteiger partial charge in [0.2, 0.25) is 5.60 Å². The number of pyridine rings is 1. The van der Waals surface area contributed by atoms with Crippen LogP contribution in [-0.2, 0) is 27.5 Å². The topological polar surface area (TPSA) is 130 Å². The van der Waals surface area contributed by atoms with Gasteiger partial charge in [-0.25, -0.2) is 0 Å². The third-order valence-corrected chi connectivity index (χ3v) is 12.8. The molecule has 2 unspecified atom stereocenters. The molecule has 2 saturated heterocycles. The number of piperidine rings is 2. The molecular weight excluding hydrogens is 793 g/mol. The third-order valence-electron chi connectivity index (χ3n) is 11.9. The minimum atomic E-state index is -4.92. The number of aliphatic carboxylic acids is 1. The van der Waals surface area contributed by atoms with Gasteiger partial charge in [-0.1, -0.05) is 44.4 Å². The van der Waals surface area contributed by atoms with Gasteiger partial charge in [0.05, 0.1) is 29.2 Å². The summed E-state index contributed by atoms with van der Waals surface area (Å²) in [6.07, 6.45) is -4.14. The van der Waals surface area contributed by atoms with E-state index in [1.54, 1.807) is 31.2 Å². The Hall–Kier alpha value is -4.38. The summed E-state index contributed by atoms with van der Waals surface area (Å²) in [5.74, 6) is -2.40. The van der Waals surface area contributed by atoms with E-state index in [0.29, 0.717) is 54.8 Å². The summed E-state index contributed by atoms with van der Waals surface area (Å²) in [6.45, 7) is 1.86. The predicted octanol–water partition coefficient (Wildman–Crippen LogP) is 8.72. The van der Waals surface area contributed by atoms with Crippen molar-refractivity contribution in [2.24, 2.45) is 5.41 Å². The smallest absolute Gasteiger partial charge is 0.425 e. The van der Waals surface area contributed by atoms with Crippen molar-refractivity contribution in [2.75, 3.05) is 26.2 Å². The molecule has 3 aromatic rings. The maximum atomic E-state index is 15.0. The van der Waals surface area contributed by atoms with Crippen molar-refractivity contribution in [3.63, 3.8) is 0 Å². The van der Waals surface area contributed by atoms with Gasteiger partial charge in [-0.05, 0) is 69.6 Å². The quantitative estimate of drug-likeness (QED) is 0.129. The molecule has 4 heterocycles. The van der Waals surface area contributed by atoms with E-state index < -0.39 is 68.9 Å². The lowest BCUT2D eigenvalue weighted by Gasteiger charge is -2.51. The van der Waals surface area contributed by atoms with Gasteiger partial charge in [-0.2, -0.15) is 26.3 Å². The van der Waals surface area contributed by atoms with Crippen LogP contribution >= 0.6 is 11.3 Å². The molecule has 0 bridgehead atoms. The van der Waals surface area contributed by atoms with Crippen molar-refractivity contribution in [1.82, 2.24) is 14.8 Å². The van der Waals surface area contributed by atoms with Crippen LogP contribution in [0.1, 0.15) is 110 Å². The number of para-hydroxylation sites is 1. The lowest BCUT2D eigenvalue weighted by atomic mass is 9.78. The Morgan fingerprint density at radius 1 is 0.931 bits per heavy atom. The van der Waals surface area contributed by atoms with Gasteiger partial charge >= 0.3 is 18.3 Å². The molecule has 10 nitrogen and oxygen atoms in total. The number of thiophene rings is 1. The second kappa shape index (κ2) is 17.1. The number of aromatic nitrogens is 1. The number of aliphatic hydroxyl groups is 1. The van der Waals surface area contributed by atoms with Crippen LogP contribution in [0.3, 0.4) is 0 Å². The first-order valence-corrected chi connectivity index (χ1v) is 20.5. The fraction of sp³-hybridized carbons (Fsp3) is 0.561. The van der Waals surface area contributed by atoms with E-state index in [9.17, 15) is 50.9 Å². The Labute approximate surface area is 336 Å². The van der Waals surface area contributed by atoms with E-state index in [4.69, 9.17) is 9.47 Å². The molecule has 1 aliphatic carbocycles.